The first-order valence-corrected chi connectivity index (χ1v) is 11.8. The van der Waals surface area contributed by atoms with E-state index in [9.17, 15) is 9.90 Å². The van der Waals surface area contributed by atoms with Gasteiger partial charge in [0.1, 0.15) is 11.4 Å². The Bertz CT molecular complexity index is 520. The van der Waals surface area contributed by atoms with Gasteiger partial charge in [-0.15, -0.1) is 11.8 Å². The van der Waals surface area contributed by atoms with Crippen molar-refractivity contribution in [2.45, 2.75) is 101 Å². The van der Waals surface area contributed by atoms with E-state index in [0.29, 0.717) is 6.42 Å². The van der Waals surface area contributed by atoms with Gasteiger partial charge in [-0.1, -0.05) is 95.0 Å². The van der Waals surface area contributed by atoms with Crippen molar-refractivity contribution in [3.8, 4) is 0 Å². The molecule has 3 nitrogen and oxygen atoms in total. The van der Waals surface area contributed by atoms with Gasteiger partial charge in [-0.05, 0) is 12.0 Å². The van der Waals surface area contributed by atoms with Crippen LogP contribution in [0.2, 0.25) is 0 Å². The molecule has 1 aromatic carbocycles. The summed E-state index contributed by atoms with van der Waals surface area (Å²) in [6.07, 6.45) is 12.5. The fourth-order valence-electron chi connectivity index (χ4n) is 3.54. The van der Waals surface area contributed by atoms with E-state index in [4.69, 9.17) is 4.74 Å². The summed E-state index contributed by atoms with van der Waals surface area (Å²) in [5.74, 6) is 0.682. The molecule has 4 heteroatoms. The van der Waals surface area contributed by atoms with E-state index in [1.54, 1.807) is 11.8 Å². The number of hydrogen-bond acceptors (Lipinski definition) is 4. The van der Waals surface area contributed by atoms with Gasteiger partial charge in [-0.25, -0.2) is 0 Å². The van der Waals surface area contributed by atoms with Crippen LogP contribution in [-0.4, -0.2) is 28.5 Å². The Balaban J connectivity index is 1.52. The summed E-state index contributed by atoms with van der Waals surface area (Å²) < 4.78 is 5.28. The van der Waals surface area contributed by atoms with E-state index in [0.717, 1.165) is 18.6 Å². The van der Waals surface area contributed by atoms with Gasteiger partial charge < -0.3 is 9.84 Å². The van der Waals surface area contributed by atoms with Crippen LogP contribution in [0.25, 0.3) is 0 Å². The molecule has 1 saturated heterocycles. The Labute approximate surface area is 169 Å². The Morgan fingerprint density at radius 2 is 1.63 bits per heavy atom. The zero-order valence-corrected chi connectivity index (χ0v) is 17.6. The van der Waals surface area contributed by atoms with Gasteiger partial charge in [0.25, 0.3) is 0 Å². The number of rotatable bonds is 15. The zero-order chi connectivity index (χ0) is 19.3. The van der Waals surface area contributed by atoms with Crippen molar-refractivity contribution in [1.82, 2.24) is 0 Å². The molecule has 27 heavy (non-hydrogen) atoms. The molecular weight excluding hydrogens is 356 g/mol. The molecule has 1 aromatic rings. The van der Waals surface area contributed by atoms with Crippen LogP contribution in [0.3, 0.4) is 0 Å². The van der Waals surface area contributed by atoms with Crippen molar-refractivity contribution in [2.24, 2.45) is 0 Å². The van der Waals surface area contributed by atoms with E-state index in [-0.39, 0.29) is 23.4 Å². The summed E-state index contributed by atoms with van der Waals surface area (Å²) in [5, 5.41) is 10.2. The fourth-order valence-corrected chi connectivity index (χ4v) is 4.68. The van der Waals surface area contributed by atoms with Crippen molar-refractivity contribution in [2.75, 3.05) is 0 Å². The molecule has 1 heterocycles. The smallest absolute Gasteiger partial charge is 0.323 e. The Hall–Kier alpha value is -1.00. The van der Waals surface area contributed by atoms with Gasteiger partial charge in [0.2, 0.25) is 0 Å². The van der Waals surface area contributed by atoms with Crippen LogP contribution in [0.1, 0.15) is 83.1 Å². The number of unbranched alkanes of at least 4 members (excludes halogenated alkanes) is 8. The average Bonchev–Trinajstić information content (AvgIpc) is 2.67. The normalized spacial score (nSPS) is 20.1. The highest BCUT2D eigenvalue weighted by atomic mass is 32.2. The standard InChI is InChI=1S/C23H36O3S/c1-2-3-4-5-6-7-8-9-13-16-20(24)17-21-22(23(25)26-21)27-18-19-14-11-10-12-15-19/h10-12,14-15,20-22,24H,2-9,13,16-18H2,1H3/t20?,21-,22+/m1/s1. The molecule has 0 aromatic heterocycles. The third-order valence-electron chi connectivity index (χ3n) is 5.26. The zero-order valence-electron chi connectivity index (χ0n) is 16.8. The Kier molecular flexibility index (Phi) is 10.9. The SMILES string of the molecule is CCCCCCCCCCCC(O)C[C@H]1OC(=O)[C@H]1SCc1ccccc1. The quantitative estimate of drug-likeness (QED) is 0.299. The van der Waals surface area contributed by atoms with Gasteiger partial charge in [-0.2, -0.15) is 0 Å². The summed E-state index contributed by atoms with van der Waals surface area (Å²) in [7, 11) is 0. The molecule has 0 spiro atoms. The number of ether oxygens (including phenoxy) is 1. The molecular formula is C23H36O3S. The number of benzene rings is 1. The first-order valence-electron chi connectivity index (χ1n) is 10.7. The first kappa shape index (κ1) is 22.3. The summed E-state index contributed by atoms with van der Waals surface area (Å²) >= 11 is 1.63. The van der Waals surface area contributed by atoms with Gasteiger partial charge in [0, 0.05) is 12.2 Å². The van der Waals surface area contributed by atoms with E-state index in [1.807, 2.05) is 18.2 Å². The van der Waals surface area contributed by atoms with Gasteiger partial charge in [0.15, 0.2) is 0 Å². The van der Waals surface area contributed by atoms with Crippen LogP contribution >= 0.6 is 11.8 Å². The van der Waals surface area contributed by atoms with Crippen molar-refractivity contribution in [1.29, 1.82) is 0 Å². The minimum Gasteiger partial charge on any atom is -0.460 e. The van der Waals surface area contributed by atoms with E-state index >= 15 is 0 Å². The molecule has 0 radical (unpaired) electrons. The molecule has 1 unspecified atom stereocenters. The second-order valence-corrected chi connectivity index (χ2v) is 8.83. The van der Waals surface area contributed by atoms with Gasteiger partial charge in [-0.3, -0.25) is 4.79 Å². The number of hydrogen-bond donors (Lipinski definition) is 1. The lowest BCUT2D eigenvalue weighted by Crippen LogP contribution is -2.49. The molecule has 152 valence electrons. The molecule has 0 aliphatic carbocycles. The van der Waals surface area contributed by atoms with Crippen LogP contribution < -0.4 is 0 Å². The molecule has 2 rings (SSSR count). The summed E-state index contributed by atoms with van der Waals surface area (Å²) in [6, 6.07) is 10.2. The number of aliphatic hydroxyl groups excluding tert-OH is 1. The molecule has 0 amide bonds. The molecule has 0 saturated carbocycles. The average molecular weight is 393 g/mol. The number of carbonyl (C=O) groups is 1. The summed E-state index contributed by atoms with van der Waals surface area (Å²) in [6.45, 7) is 2.25. The molecule has 0 bridgehead atoms. The van der Waals surface area contributed by atoms with Crippen LogP contribution in [0.4, 0.5) is 0 Å². The molecule has 1 aliphatic heterocycles. The molecule has 3 atom stereocenters. The van der Waals surface area contributed by atoms with Crippen molar-refractivity contribution >= 4 is 17.7 Å². The lowest BCUT2D eigenvalue weighted by molar-refractivity contribution is -0.169. The molecule has 1 fully saturated rings. The van der Waals surface area contributed by atoms with E-state index in [1.165, 1.54) is 56.9 Å². The predicted octanol–water partition coefficient (Wildman–Crippen LogP) is 5.89. The van der Waals surface area contributed by atoms with Gasteiger partial charge >= 0.3 is 5.97 Å². The maximum atomic E-state index is 11.7. The fraction of sp³-hybridized carbons (Fsp3) is 0.696. The highest BCUT2D eigenvalue weighted by molar-refractivity contribution is 8.00. The number of cyclic esters (lactones) is 1. The van der Waals surface area contributed by atoms with Gasteiger partial charge in [0.05, 0.1) is 6.10 Å². The van der Waals surface area contributed by atoms with Crippen LogP contribution in [-0.2, 0) is 15.3 Å². The lowest BCUT2D eigenvalue weighted by Gasteiger charge is -2.35. The number of thioether (sulfide) groups is 1. The number of aliphatic hydroxyl groups is 1. The first-order chi connectivity index (χ1) is 13.2. The topological polar surface area (TPSA) is 46.5 Å². The Morgan fingerprint density at radius 1 is 1.00 bits per heavy atom. The summed E-state index contributed by atoms with van der Waals surface area (Å²) in [5.41, 5.74) is 1.22. The van der Waals surface area contributed by atoms with Crippen LogP contribution in [0, 0.1) is 0 Å². The second kappa shape index (κ2) is 13.2. The van der Waals surface area contributed by atoms with Crippen LogP contribution in [0.15, 0.2) is 30.3 Å². The number of esters is 1. The van der Waals surface area contributed by atoms with Crippen LogP contribution in [0.5, 0.6) is 0 Å². The molecule has 1 aliphatic rings. The highest BCUT2D eigenvalue weighted by Gasteiger charge is 2.43. The van der Waals surface area contributed by atoms with E-state index in [2.05, 4.69) is 19.1 Å². The third kappa shape index (κ3) is 8.69. The maximum Gasteiger partial charge on any atom is 0.323 e. The second-order valence-electron chi connectivity index (χ2n) is 7.70. The number of carbonyl (C=O) groups excluding carboxylic acids is 1. The summed E-state index contributed by atoms with van der Waals surface area (Å²) in [4.78, 5) is 11.7. The molecule has 1 N–H and O–H groups in total. The van der Waals surface area contributed by atoms with Crippen molar-refractivity contribution < 1.29 is 14.6 Å². The largest absolute Gasteiger partial charge is 0.460 e. The van der Waals surface area contributed by atoms with Crippen molar-refractivity contribution in [3.05, 3.63) is 35.9 Å². The lowest BCUT2D eigenvalue weighted by atomic mass is 9.99. The minimum absolute atomic E-state index is 0.122. The third-order valence-corrected chi connectivity index (χ3v) is 6.61. The van der Waals surface area contributed by atoms with E-state index < -0.39 is 0 Å². The predicted molar refractivity (Wildman–Crippen MR) is 114 cm³/mol. The van der Waals surface area contributed by atoms with Crippen molar-refractivity contribution in [3.63, 3.8) is 0 Å². The maximum absolute atomic E-state index is 11.7. The monoisotopic (exact) mass is 392 g/mol. The highest BCUT2D eigenvalue weighted by Crippen LogP contribution is 2.33. The minimum atomic E-state index is -0.354. The Morgan fingerprint density at radius 3 is 2.26 bits per heavy atom.